The zero-order valence-corrected chi connectivity index (χ0v) is 20.2. The number of anilines is 1. The number of rotatable bonds is 12. The number of imide groups is 1. The van der Waals surface area contributed by atoms with Gasteiger partial charge in [-0.05, 0) is 50.6 Å². The molecule has 0 aromatic heterocycles. The van der Waals surface area contributed by atoms with Crippen molar-refractivity contribution in [2.24, 2.45) is 0 Å². The van der Waals surface area contributed by atoms with Crippen LogP contribution in [-0.2, 0) is 14.3 Å². The first-order chi connectivity index (χ1) is 16.9. The topological polar surface area (TPSA) is 121 Å². The molecule has 0 bridgehead atoms. The standard InChI is InChI=1S/C25H30N2O8/c1-5-8-17-9-11-19(21(13-17)31-4)34-16-24(29)35-15-23(28)27-25(30)26-18-10-12-20(32-6-2)22(14-18)33-7-3/h5,8-14H,6-7,15-16H2,1-4H3,(H2,26,27,28,30)/b8-5+. The van der Waals surface area contributed by atoms with Crippen molar-refractivity contribution in [3.05, 3.63) is 48.0 Å². The fourth-order valence-corrected chi connectivity index (χ4v) is 2.88. The minimum atomic E-state index is -0.805. The Bertz CT molecular complexity index is 1050. The quantitative estimate of drug-likeness (QED) is 0.435. The summed E-state index contributed by atoms with van der Waals surface area (Å²) in [7, 11) is 1.49. The van der Waals surface area contributed by atoms with E-state index in [1.807, 2.05) is 32.9 Å². The van der Waals surface area contributed by atoms with Crippen molar-refractivity contribution in [2.75, 3.05) is 38.9 Å². The summed E-state index contributed by atoms with van der Waals surface area (Å²) in [6, 6.07) is 9.27. The smallest absolute Gasteiger partial charge is 0.344 e. The molecule has 0 saturated heterocycles. The van der Waals surface area contributed by atoms with Crippen LogP contribution in [0.15, 0.2) is 42.5 Å². The van der Waals surface area contributed by atoms with E-state index in [1.165, 1.54) is 7.11 Å². The molecule has 2 N–H and O–H groups in total. The first kappa shape index (κ1) is 27.0. The number of ether oxygens (including phenoxy) is 5. The van der Waals surface area contributed by atoms with Gasteiger partial charge in [-0.15, -0.1) is 0 Å². The van der Waals surface area contributed by atoms with Gasteiger partial charge in [-0.25, -0.2) is 9.59 Å². The first-order valence-electron chi connectivity index (χ1n) is 11.0. The highest BCUT2D eigenvalue weighted by Gasteiger charge is 2.14. The van der Waals surface area contributed by atoms with Crippen LogP contribution < -0.4 is 29.6 Å². The summed E-state index contributed by atoms with van der Waals surface area (Å²) in [4.78, 5) is 36.0. The molecule has 3 amide bonds. The van der Waals surface area contributed by atoms with Gasteiger partial charge in [-0.3, -0.25) is 10.1 Å². The summed E-state index contributed by atoms with van der Waals surface area (Å²) >= 11 is 0. The van der Waals surface area contributed by atoms with E-state index in [4.69, 9.17) is 23.7 Å². The number of nitrogens with one attached hydrogen (secondary N) is 2. The molecular formula is C25H30N2O8. The molecule has 0 heterocycles. The van der Waals surface area contributed by atoms with Crippen LogP contribution in [0.25, 0.3) is 6.08 Å². The number of urea groups is 1. The molecule has 35 heavy (non-hydrogen) atoms. The van der Waals surface area contributed by atoms with E-state index in [9.17, 15) is 14.4 Å². The highest BCUT2D eigenvalue weighted by Crippen LogP contribution is 2.31. The molecule has 0 unspecified atom stereocenters. The average molecular weight is 487 g/mol. The Labute approximate surface area is 204 Å². The van der Waals surface area contributed by atoms with Crippen molar-refractivity contribution in [2.45, 2.75) is 20.8 Å². The molecule has 10 nitrogen and oxygen atoms in total. The molecule has 188 valence electrons. The van der Waals surface area contributed by atoms with Crippen LogP contribution in [0.5, 0.6) is 23.0 Å². The van der Waals surface area contributed by atoms with Crippen LogP contribution >= 0.6 is 0 Å². The second kappa shape index (κ2) is 14.1. The third kappa shape index (κ3) is 8.92. The Balaban J connectivity index is 1.80. The van der Waals surface area contributed by atoms with Crippen LogP contribution in [-0.4, -0.2) is 51.4 Å². The number of benzene rings is 2. The molecule has 0 aliphatic carbocycles. The number of carbonyl (C=O) groups excluding carboxylic acids is 3. The van der Waals surface area contributed by atoms with Gasteiger partial charge in [0.15, 0.2) is 36.2 Å². The molecule has 0 spiro atoms. The number of allylic oxidation sites excluding steroid dienone is 1. The molecule has 2 aromatic rings. The van der Waals surface area contributed by atoms with Crippen molar-refractivity contribution in [3.8, 4) is 23.0 Å². The molecular weight excluding hydrogens is 456 g/mol. The number of hydrogen-bond donors (Lipinski definition) is 2. The lowest BCUT2D eigenvalue weighted by Gasteiger charge is -2.13. The number of carbonyl (C=O) groups is 3. The second-order valence-electron chi connectivity index (χ2n) is 6.89. The van der Waals surface area contributed by atoms with Gasteiger partial charge >= 0.3 is 12.0 Å². The van der Waals surface area contributed by atoms with E-state index in [0.29, 0.717) is 41.9 Å². The minimum absolute atomic E-state index is 0.350. The summed E-state index contributed by atoms with van der Waals surface area (Å²) in [5.74, 6) is 0.207. The summed E-state index contributed by atoms with van der Waals surface area (Å²) in [6.07, 6.45) is 3.78. The average Bonchev–Trinajstić information content (AvgIpc) is 2.83. The maximum atomic E-state index is 12.1. The zero-order chi connectivity index (χ0) is 25.6. The Morgan fingerprint density at radius 3 is 2.23 bits per heavy atom. The van der Waals surface area contributed by atoms with Gasteiger partial charge in [0.05, 0.1) is 20.3 Å². The molecule has 0 saturated carbocycles. The van der Waals surface area contributed by atoms with Gasteiger partial charge < -0.3 is 29.0 Å². The van der Waals surface area contributed by atoms with E-state index in [-0.39, 0.29) is 0 Å². The molecule has 0 aliphatic rings. The van der Waals surface area contributed by atoms with Gasteiger partial charge in [0.25, 0.3) is 5.91 Å². The van der Waals surface area contributed by atoms with Crippen LogP contribution in [0.4, 0.5) is 10.5 Å². The van der Waals surface area contributed by atoms with Crippen LogP contribution in [0.2, 0.25) is 0 Å². The van der Waals surface area contributed by atoms with E-state index >= 15 is 0 Å². The van der Waals surface area contributed by atoms with E-state index < -0.39 is 31.1 Å². The van der Waals surface area contributed by atoms with Gasteiger partial charge in [-0.1, -0.05) is 18.2 Å². The third-order valence-electron chi connectivity index (χ3n) is 4.31. The van der Waals surface area contributed by atoms with Crippen molar-refractivity contribution >= 4 is 29.7 Å². The highest BCUT2D eigenvalue weighted by atomic mass is 16.6. The van der Waals surface area contributed by atoms with Gasteiger partial charge in [0.2, 0.25) is 0 Å². The molecule has 2 rings (SSSR count). The van der Waals surface area contributed by atoms with Crippen molar-refractivity contribution in [3.63, 3.8) is 0 Å². The van der Waals surface area contributed by atoms with Gasteiger partial charge in [0.1, 0.15) is 0 Å². The predicted molar refractivity (Wildman–Crippen MR) is 130 cm³/mol. The Kier molecular flexibility index (Phi) is 10.9. The Morgan fingerprint density at radius 1 is 0.857 bits per heavy atom. The molecule has 0 fully saturated rings. The maximum Gasteiger partial charge on any atom is 0.344 e. The summed E-state index contributed by atoms with van der Waals surface area (Å²) in [6.45, 7) is 5.35. The fourth-order valence-electron chi connectivity index (χ4n) is 2.88. The lowest BCUT2D eigenvalue weighted by Crippen LogP contribution is -2.37. The Morgan fingerprint density at radius 2 is 1.54 bits per heavy atom. The van der Waals surface area contributed by atoms with Crippen molar-refractivity contribution < 1.29 is 38.1 Å². The molecule has 10 heteroatoms. The molecule has 0 radical (unpaired) electrons. The van der Waals surface area contributed by atoms with E-state index in [1.54, 1.807) is 36.4 Å². The highest BCUT2D eigenvalue weighted by molar-refractivity contribution is 6.02. The molecule has 0 aliphatic heterocycles. The first-order valence-corrected chi connectivity index (χ1v) is 11.0. The molecule has 2 aromatic carbocycles. The van der Waals surface area contributed by atoms with Gasteiger partial charge in [-0.2, -0.15) is 0 Å². The Hall–Kier alpha value is -4.21. The largest absolute Gasteiger partial charge is 0.493 e. The fraction of sp³-hybridized carbons (Fsp3) is 0.320. The predicted octanol–water partition coefficient (Wildman–Crippen LogP) is 3.80. The monoisotopic (exact) mass is 486 g/mol. The molecule has 0 atom stereocenters. The maximum absolute atomic E-state index is 12.1. The van der Waals surface area contributed by atoms with Crippen LogP contribution in [0.3, 0.4) is 0 Å². The zero-order valence-electron chi connectivity index (χ0n) is 20.2. The van der Waals surface area contributed by atoms with E-state index in [2.05, 4.69) is 10.6 Å². The van der Waals surface area contributed by atoms with Gasteiger partial charge in [0, 0.05) is 11.8 Å². The normalized spacial score (nSPS) is 10.4. The summed E-state index contributed by atoms with van der Waals surface area (Å²) in [5, 5.41) is 4.59. The van der Waals surface area contributed by atoms with Crippen LogP contribution in [0, 0.1) is 0 Å². The SMILES string of the molecule is C/C=C/c1ccc(OCC(=O)OCC(=O)NC(=O)Nc2ccc(OCC)c(OCC)c2)c(OC)c1. The summed E-state index contributed by atoms with van der Waals surface area (Å²) in [5.41, 5.74) is 1.30. The van der Waals surface area contributed by atoms with E-state index in [0.717, 1.165) is 5.56 Å². The lowest BCUT2D eigenvalue weighted by atomic mass is 10.2. The number of esters is 1. The second-order valence-corrected chi connectivity index (χ2v) is 6.89. The number of methoxy groups -OCH3 is 1. The minimum Gasteiger partial charge on any atom is -0.493 e. The summed E-state index contributed by atoms with van der Waals surface area (Å²) < 4.78 is 26.5. The van der Waals surface area contributed by atoms with Crippen LogP contribution in [0.1, 0.15) is 26.3 Å². The lowest BCUT2D eigenvalue weighted by molar-refractivity contribution is -0.150. The van der Waals surface area contributed by atoms with Crippen molar-refractivity contribution in [1.29, 1.82) is 0 Å². The number of amides is 3. The third-order valence-corrected chi connectivity index (χ3v) is 4.31. The van der Waals surface area contributed by atoms with Crippen molar-refractivity contribution in [1.82, 2.24) is 5.32 Å². The number of hydrogen-bond acceptors (Lipinski definition) is 8.